The molecule has 0 unspecified atom stereocenters. The first kappa shape index (κ1) is 21.0. The van der Waals surface area contributed by atoms with E-state index in [2.05, 4.69) is 95.1 Å². The molecule has 4 heteroatoms. The van der Waals surface area contributed by atoms with Crippen LogP contribution in [-0.4, -0.2) is 15.0 Å². The van der Waals surface area contributed by atoms with Gasteiger partial charge in [0.05, 0.1) is 28.8 Å². The highest BCUT2D eigenvalue weighted by atomic mass is 14.9. The highest BCUT2D eigenvalue weighted by molar-refractivity contribution is 5.85. The molecular weight excluding hydrogens is 380 g/mol. The Morgan fingerprint density at radius 3 is 2.06 bits per heavy atom. The number of nitrogens with two attached hydrogens (primary N) is 1. The SMILES string of the molecule is CC(C)(C)c1nc(-c2cccc(-c3ccc4cccc(C(C)(C)C)c4n3)c2)cnc1N. The van der Waals surface area contributed by atoms with E-state index >= 15 is 0 Å². The number of hydrogen-bond donors (Lipinski definition) is 1. The van der Waals surface area contributed by atoms with Crippen molar-refractivity contribution >= 4 is 16.7 Å². The van der Waals surface area contributed by atoms with Gasteiger partial charge in [0.1, 0.15) is 5.82 Å². The van der Waals surface area contributed by atoms with Gasteiger partial charge in [-0.25, -0.2) is 15.0 Å². The van der Waals surface area contributed by atoms with Crippen LogP contribution in [0.3, 0.4) is 0 Å². The van der Waals surface area contributed by atoms with Gasteiger partial charge in [0.25, 0.3) is 0 Å². The topological polar surface area (TPSA) is 64.7 Å². The summed E-state index contributed by atoms with van der Waals surface area (Å²) in [5.41, 5.74) is 12.9. The molecule has 2 aromatic carbocycles. The van der Waals surface area contributed by atoms with Crippen molar-refractivity contribution in [3.05, 3.63) is 72.1 Å². The third kappa shape index (κ3) is 4.15. The van der Waals surface area contributed by atoms with E-state index in [0.29, 0.717) is 5.82 Å². The molecule has 158 valence electrons. The van der Waals surface area contributed by atoms with Crippen molar-refractivity contribution in [3.8, 4) is 22.5 Å². The molecule has 0 aliphatic rings. The van der Waals surface area contributed by atoms with Crippen LogP contribution in [0.15, 0.2) is 60.8 Å². The number of pyridine rings is 1. The van der Waals surface area contributed by atoms with Gasteiger partial charge in [-0.2, -0.15) is 0 Å². The van der Waals surface area contributed by atoms with Gasteiger partial charge in [-0.15, -0.1) is 0 Å². The fourth-order valence-corrected chi connectivity index (χ4v) is 3.84. The number of rotatable bonds is 2. The summed E-state index contributed by atoms with van der Waals surface area (Å²) in [5.74, 6) is 0.485. The van der Waals surface area contributed by atoms with E-state index in [1.165, 1.54) is 5.56 Å². The van der Waals surface area contributed by atoms with Crippen LogP contribution in [0, 0.1) is 0 Å². The molecule has 4 rings (SSSR count). The lowest BCUT2D eigenvalue weighted by Crippen LogP contribution is -2.17. The van der Waals surface area contributed by atoms with Crippen molar-refractivity contribution in [2.24, 2.45) is 0 Å². The number of nitrogens with zero attached hydrogens (tertiary/aromatic N) is 3. The van der Waals surface area contributed by atoms with Gasteiger partial charge in [0, 0.05) is 21.9 Å². The molecule has 0 radical (unpaired) electrons. The summed E-state index contributed by atoms with van der Waals surface area (Å²) in [6.45, 7) is 13.0. The van der Waals surface area contributed by atoms with Crippen LogP contribution < -0.4 is 5.73 Å². The summed E-state index contributed by atoms with van der Waals surface area (Å²) < 4.78 is 0. The summed E-state index contributed by atoms with van der Waals surface area (Å²) in [7, 11) is 0. The summed E-state index contributed by atoms with van der Waals surface area (Å²) in [5, 5.41) is 1.16. The Labute approximate surface area is 184 Å². The van der Waals surface area contributed by atoms with Gasteiger partial charge >= 0.3 is 0 Å². The molecule has 2 aromatic heterocycles. The average Bonchev–Trinajstić information content (AvgIpc) is 2.72. The summed E-state index contributed by atoms with van der Waals surface area (Å²) >= 11 is 0. The first-order chi connectivity index (χ1) is 14.5. The summed E-state index contributed by atoms with van der Waals surface area (Å²) in [6, 6.07) is 19.0. The number of aromatic nitrogens is 3. The van der Waals surface area contributed by atoms with Crippen molar-refractivity contribution in [2.45, 2.75) is 52.4 Å². The number of para-hydroxylation sites is 1. The fourth-order valence-electron chi connectivity index (χ4n) is 3.84. The molecule has 0 aliphatic heterocycles. The van der Waals surface area contributed by atoms with E-state index in [4.69, 9.17) is 15.7 Å². The number of anilines is 1. The minimum Gasteiger partial charge on any atom is -0.382 e. The molecule has 0 saturated carbocycles. The molecule has 0 atom stereocenters. The zero-order valence-electron chi connectivity index (χ0n) is 19.2. The van der Waals surface area contributed by atoms with E-state index in [9.17, 15) is 0 Å². The average molecular weight is 411 g/mol. The zero-order chi connectivity index (χ0) is 22.4. The van der Waals surface area contributed by atoms with Crippen molar-refractivity contribution in [1.82, 2.24) is 15.0 Å². The molecule has 0 saturated heterocycles. The monoisotopic (exact) mass is 410 g/mol. The molecule has 2 N–H and O–H groups in total. The minimum atomic E-state index is -0.173. The molecule has 0 aliphatic carbocycles. The minimum absolute atomic E-state index is 0.0237. The van der Waals surface area contributed by atoms with Crippen LogP contribution in [0.25, 0.3) is 33.4 Å². The smallest absolute Gasteiger partial charge is 0.145 e. The van der Waals surface area contributed by atoms with E-state index in [0.717, 1.165) is 39.1 Å². The Hall–Kier alpha value is -3.27. The highest BCUT2D eigenvalue weighted by Crippen LogP contribution is 2.32. The highest BCUT2D eigenvalue weighted by Gasteiger charge is 2.21. The lowest BCUT2D eigenvalue weighted by Gasteiger charge is -2.21. The van der Waals surface area contributed by atoms with Crippen LogP contribution >= 0.6 is 0 Å². The molecule has 0 amide bonds. The Kier molecular flexibility index (Phi) is 5.04. The normalized spacial score (nSPS) is 12.3. The van der Waals surface area contributed by atoms with Crippen LogP contribution in [0.5, 0.6) is 0 Å². The predicted molar refractivity (Wildman–Crippen MR) is 130 cm³/mol. The predicted octanol–water partition coefficient (Wildman–Crippen LogP) is 6.54. The third-order valence-corrected chi connectivity index (χ3v) is 5.49. The van der Waals surface area contributed by atoms with Crippen LogP contribution in [0.1, 0.15) is 52.8 Å². The van der Waals surface area contributed by atoms with Gasteiger partial charge in [-0.05, 0) is 23.1 Å². The molecule has 0 fully saturated rings. The van der Waals surface area contributed by atoms with Gasteiger partial charge in [0.15, 0.2) is 0 Å². The number of benzene rings is 2. The molecular formula is C27H30N4. The first-order valence-corrected chi connectivity index (χ1v) is 10.7. The van der Waals surface area contributed by atoms with Crippen molar-refractivity contribution in [1.29, 1.82) is 0 Å². The molecule has 0 spiro atoms. The standard InChI is InChI=1S/C27H30N4/c1-26(2,3)20-12-8-9-17-13-14-21(30-23(17)20)18-10-7-11-19(15-18)22-16-29-25(28)24(31-22)27(4,5)6/h7-16H,1-6H3,(H2,28,29). The second-order valence-electron chi connectivity index (χ2n) is 10.1. The van der Waals surface area contributed by atoms with Gasteiger partial charge in [0.2, 0.25) is 0 Å². The van der Waals surface area contributed by atoms with Gasteiger partial charge in [-0.1, -0.05) is 84.0 Å². The largest absolute Gasteiger partial charge is 0.382 e. The quantitative estimate of drug-likeness (QED) is 0.408. The number of fused-ring (bicyclic) bond motifs is 1. The molecule has 2 heterocycles. The van der Waals surface area contributed by atoms with E-state index in [1.54, 1.807) is 6.20 Å². The maximum Gasteiger partial charge on any atom is 0.145 e. The second kappa shape index (κ2) is 7.45. The van der Waals surface area contributed by atoms with Gasteiger partial charge in [-0.3, -0.25) is 0 Å². The molecule has 4 nitrogen and oxygen atoms in total. The first-order valence-electron chi connectivity index (χ1n) is 10.7. The number of nitrogen functional groups attached to an aromatic ring is 1. The Balaban J connectivity index is 1.82. The number of hydrogen-bond acceptors (Lipinski definition) is 4. The fraction of sp³-hybridized carbons (Fsp3) is 0.296. The lowest BCUT2D eigenvalue weighted by molar-refractivity contribution is 0.569. The summed E-state index contributed by atoms with van der Waals surface area (Å²) in [4.78, 5) is 14.3. The van der Waals surface area contributed by atoms with Crippen LogP contribution in [0.2, 0.25) is 0 Å². The van der Waals surface area contributed by atoms with Crippen molar-refractivity contribution in [3.63, 3.8) is 0 Å². The third-order valence-electron chi connectivity index (χ3n) is 5.49. The summed E-state index contributed by atoms with van der Waals surface area (Å²) in [6.07, 6.45) is 1.75. The Morgan fingerprint density at radius 2 is 1.39 bits per heavy atom. The second-order valence-corrected chi connectivity index (χ2v) is 10.1. The zero-order valence-corrected chi connectivity index (χ0v) is 19.2. The molecule has 4 aromatic rings. The lowest BCUT2D eigenvalue weighted by atomic mass is 9.85. The van der Waals surface area contributed by atoms with E-state index in [-0.39, 0.29) is 10.8 Å². The molecule has 0 bridgehead atoms. The maximum atomic E-state index is 6.09. The van der Waals surface area contributed by atoms with E-state index < -0.39 is 0 Å². The maximum absolute atomic E-state index is 6.09. The molecule has 31 heavy (non-hydrogen) atoms. The van der Waals surface area contributed by atoms with Gasteiger partial charge < -0.3 is 5.73 Å². The van der Waals surface area contributed by atoms with Crippen molar-refractivity contribution < 1.29 is 0 Å². The Morgan fingerprint density at radius 1 is 0.710 bits per heavy atom. The van der Waals surface area contributed by atoms with Crippen LogP contribution in [-0.2, 0) is 10.8 Å². The van der Waals surface area contributed by atoms with E-state index in [1.807, 2.05) is 6.07 Å². The Bertz CT molecular complexity index is 1260. The van der Waals surface area contributed by atoms with Crippen molar-refractivity contribution in [2.75, 3.05) is 5.73 Å². The van der Waals surface area contributed by atoms with Crippen LogP contribution in [0.4, 0.5) is 5.82 Å².